The van der Waals surface area contributed by atoms with E-state index in [1.54, 1.807) is 0 Å². The van der Waals surface area contributed by atoms with E-state index in [4.69, 9.17) is 0 Å². The quantitative estimate of drug-likeness (QED) is 0.510. The number of hydrogen-bond donors (Lipinski definition) is 1. The molecule has 10 heteroatoms. The molecule has 0 heterocycles. The second-order valence-electron chi connectivity index (χ2n) is 4.47. The van der Waals surface area contributed by atoms with E-state index in [9.17, 15) is 31.1 Å². The van der Waals surface area contributed by atoms with Crippen LogP contribution in [0.2, 0.25) is 0 Å². The highest BCUT2D eigenvalue weighted by molar-refractivity contribution is 5.86. The fourth-order valence-electron chi connectivity index (χ4n) is 1.76. The lowest BCUT2D eigenvalue weighted by molar-refractivity contribution is -0.143. The number of aliphatic imine (C=N–C) groups is 1. The van der Waals surface area contributed by atoms with Gasteiger partial charge in [-0.3, -0.25) is 9.89 Å². The molecule has 0 radical (unpaired) electrons. The Kier molecular flexibility index (Phi) is 5.62. The molecule has 0 aliphatic carbocycles. The Labute approximate surface area is 127 Å². The van der Waals surface area contributed by atoms with Gasteiger partial charge in [0.05, 0.1) is 24.0 Å². The Morgan fingerprint density at radius 3 is 1.96 bits per heavy atom. The molecule has 1 rings (SSSR count). The van der Waals surface area contributed by atoms with Crippen LogP contribution in [0.25, 0.3) is 0 Å². The molecule has 2 amide bonds. The minimum absolute atomic E-state index is 0.0294. The van der Waals surface area contributed by atoms with E-state index in [2.05, 4.69) is 10.3 Å². The molecule has 0 aliphatic heterocycles. The number of hydrogen-bond acceptors (Lipinski definition) is 2. The van der Waals surface area contributed by atoms with E-state index < -0.39 is 36.1 Å². The summed E-state index contributed by atoms with van der Waals surface area (Å²) in [6.07, 6.45) is -8.87. The number of carbonyl (C=O) groups excluding carboxylic acids is 1. The largest absolute Gasteiger partial charge is 0.416 e. The minimum atomic E-state index is -4.94. The van der Waals surface area contributed by atoms with Crippen LogP contribution in [-0.4, -0.2) is 31.4 Å². The van der Waals surface area contributed by atoms with Gasteiger partial charge in [0, 0.05) is 14.1 Å². The molecule has 0 saturated heterocycles. The van der Waals surface area contributed by atoms with Crippen molar-refractivity contribution in [2.75, 3.05) is 14.1 Å². The van der Waals surface area contributed by atoms with E-state index in [0.29, 0.717) is 12.1 Å². The molecule has 128 valence electrons. The Hall–Kier alpha value is -2.26. The van der Waals surface area contributed by atoms with Crippen molar-refractivity contribution in [2.24, 2.45) is 4.99 Å². The van der Waals surface area contributed by atoms with Crippen LogP contribution in [0.4, 0.5) is 31.1 Å². The SMILES string of the molecule is CN=CN(Cc1cc(C(F)(F)F)cc(C(F)(F)F)c1)C(=O)NC. The third kappa shape index (κ3) is 5.15. The van der Waals surface area contributed by atoms with Gasteiger partial charge in [-0.1, -0.05) is 0 Å². The molecule has 0 atom stereocenters. The number of amides is 2. The standard InChI is InChI=1S/C13H13F6N3O/c1-20-7-22(11(23)21-2)6-8-3-9(12(14,15)16)5-10(4-8)13(17,18)19/h3-5,7H,6H2,1-2H3,(H,21,23). The lowest BCUT2D eigenvalue weighted by atomic mass is 10.0. The smallest absolute Gasteiger partial charge is 0.341 e. The summed E-state index contributed by atoms with van der Waals surface area (Å²) >= 11 is 0. The van der Waals surface area contributed by atoms with Crippen LogP contribution in [0.5, 0.6) is 0 Å². The van der Waals surface area contributed by atoms with Crippen LogP contribution in [0.1, 0.15) is 16.7 Å². The first-order valence-corrected chi connectivity index (χ1v) is 6.18. The topological polar surface area (TPSA) is 44.7 Å². The molecule has 4 nitrogen and oxygen atoms in total. The van der Waals surface area contributed by atoms with E-state index in [1.807, 2.05) is 0 Å². The van der Waals surface area contributed by atoms with Crippen molar-refractivity contribution < 1.29 is 31.1 Å². The molecule has 0 spiro atoms. The van der Waals surface area contributed by atoms with Crippen molar-refractivity contribution in [3.8, 4) is 0 Å². The zero-order valence-electron chi connectivity index (χ0n) is 12.1. The normalized spacial score (nSPS) is 12.5. The third-order valence-corrected chi connectivity index (χ3v) is 2.73. The van der Waals surface area contributed by atoms with Gasteiger partial charge in [-0.15, -0.1) is 0 Å². The average molecular weight is 341 g/mol. The highest BCUT2D eigenvalue weighted by atomic mass is 19.4. The fraction of sp³-hybridized carbons (Fsp3) is 0.385. The molecule has 0 aromatic heterocycles. The summed E-state index contributed by atoms with van der Waals surface area (Å²) < 4.78 is 76.6. The lowest BCUT2D eigenvalue weighted by Gasteiger charge is -2.19. The molecule has 0 aliphatic rings. The Morgan fingerprint density at radius 2 is 1.61 bits per heavy atom. The first-order chi connectivity index (χ1) is 10.5. The van der Waals surface area contributed by atoms with Gasteiger partial charge in [0.2, 0.25) is 0 Å². The van der Waals surface area contributed by atoms with Crippen molar-refractivity contribution >= 4 is 12.4 Å². The average Bonchev–Trinajstić information content (AvgIpc) is 2.43. The van der Waals surface area contributed by atoms with Crippen LogP contribution in [-0.2, 0) is 18.9 Å². The van der Waals surface area contributed by atoms with Crippen molar-refractivity contribution in [3.05, 3.63) is 34.9 Å². The zero-order valence-corrected chi connectivity index (χ0v) is 12.1. The molecule has 0 unspecified atom stereocenters. The predicted octanol–water partition coefficient (Wildman–Crippen LogP) is 3.52. The van der Waals surface area contributed by atoms with Crippen LogP contribution in [0.15, 0.2) is 23.2 Å². The van der Waals surface area contributed by atoms with Crippen molar-refractivity contribution in [3.63, 3.8) is 0 Å². The summed E-state index contributed by atoms with van der Waals surface area (Å²) in [6.45, 7) is -0.496. The summed E-state index contributed by atoms with van der Waals surface area (Å²) in [7, 11) is 2.58. The molecular formula is C13H13F6N3O. The first-order valence-electron chi connectivity index (χ1n) is 6.18. The van der Waals surface area contributed by atoms with Crippen LogP contribution in [0.3, 0.4) is 0 Å². The molecule has 1 aromatic rings. The van der Waals surface area contributed by atoms with Gasteiger partial charge in [0.25, 0.3) is 0 Å². The van der Waals surface area contributed by atoms with Crippen LogP contribution in [0, 0.1) is 0 Å². The predicted molar refractivity (Wildman–Crippen MR) is 70.9 cm³/mol. The highest BCUT2D eigenvalue weighted by Crippen LogP contribution is 2.36. The number of nitrogens with one attached hydrogen (secondary N) is 1. The van der Waals surface area contributed by atoms with Gasteiger partial charge in [0.15, 0.2) is 0 Å². The summed E-state index contributed by atoms with van der Waals surface area (Å²) in [6, 6.07) is 0.437. The molecule has 23 heavy (non-hydrogen) atoms. The molecule has 1 N–H and O–H groups in total. The number of urea groups is 1. The molecule has 1 aromatic carbocycles. The molecule has 0 saturated carbocycles. The Balaban J connectivity index is 3.31. The number of carbonyl (C=O) groups is 1. The number of rotatable bonds is 3. The van der Waals surface area contributed by atoms with Gasteiger partial charge in [-0.05, 0) is 23.8 Å². The number of halogens is 6. The van der Waals surface area contributed by atoms with Crippen molar-refractivity contribution in [2.45, 2.75) is 18.9 Å². The summed E-state index contributed by atoms with van der Waals surface area (Å²) in [5.41, 5.74) is -3.20. The summed E-state index contributed by atoms with van der Waals surface area (Å²) in [4.78, 5) is 15.9. The van der Waals surface area contributed by atoms with Crippen molar-refractivity contribution in [1.29, 1.82) is 0 Å². The minimum Gasteiger partial charge on any atom is -0.341 e. The van der Waals surface area contributed by atoms with Gasteiger partial charge in [-0.2, -0.15) is 26.3 Å². The molecule has 0 bridgehead atoms. The van der Waals surface area contributed by atoms with Crippen LogP contribution < -0.4 is 5.32 Å². The maximum Gasteiger partial charge on any atom is 0.416 e. The van der Waals surface area contributed by atoms with Crippen molar-refractivity contribution in [1.82, 2.24) is 10.2 Å². The fourth-order valence-corrected chi connectivity index (χ4v) is 1.76. The highest BCUT2D eigenvalue weighted by Gasteiger charge is 2.37. The van der Waals surface area contributed by atoms with E-state index in [1.165, 1.54) is 14.1 Å². The van der Waals surface area contributed by atoms with Gasteiger partial charge >= 0.3 is 18.4 Å². The summed E-state index contributed by atoms with van der Waals surface area (Å²) in [5, 5.41) is 2.21. The maximum atomic E-state index is 12.8. The maximum absolute atomic E-state index is 12.8. The van der Waals surface area contributed by atoms with Gasteiger partial charge < -0.3 is 5.32 Å². The molecule has 0 fully saturated rings. The monoisotopic (exact) mass is 341 g/mol. The van der Waals surface area contributed by atoms with Gasteiger partial charge in [0.1, 0.15) is 0 Å². The third-order valence-electron chi connectivity index (χ3n) is 2.73. The van der Waals surface area contributed by atoms with Gasteiger partial charge in [-0.25, -0.2) is 4.79 Å². The number of benzene rings is 1. The second-order valence-corrected chi connectivity index (χ2v) is 4.47. The van der Waals surface area contributed by atoms with Crippen LogP contribution >= 0.6 is 0 Å². The summed E-state index contributed by atoms with van der Waals surface area (Å²) in [5.74, 6) is 0. The van der Waals surface area contributed by atoms with E-state index in [-0.39, 0.29) is 11.6 Å². The lowest BCUT2D eigenvalue weighted by Crippen LogP contribution is -2.36. The number of alkyl halides is 6. The van der Waals surface area contributed by atoms with E-state index in [0.717, 1.165) is 11.2 Å². The molecular weight excluding hydrogens is 328 g/mol. The number of nitrogens with zero attached hydrogens (tertiary/aromatic N) is 2. The Morgan fingerprint density at radius 1 is 1.13 bits per heavy atom. The second kappa shape index (κ2) is 6.88. The zero-order chi connectivity index (χ0) is 17.8. The Bertz CT molecular complexity index is 562. The first kappa shape index (κ1) is 18.8. The van der Waals surface area contributed by atoms with E-state index >= 15 is 0 Å².